The molecule has 1 aliphatic heterocycles. The van der Waals surface area contributed by atoms with E-state index in [0.717, 1.165) is 31.9 Å². The molecule has 82 valence electrons. The second-order valence-electron chi connectivity index (χ2n) is 3.42. The minimum atomic E-state index is 0.640. The number of hydrogen-bond acceptors (Lipinski definition) is 4. The molecule has 1 aromatic rings. The number of hydrogen-bond donors (Lipinski definition) is 1. The van der Waals surface area contributed by atoms with E-state index < -0.39 is 0 Å². The van der Waals surface area contributed by atoms with Gasteiger partial charge in [-0.1, -0.05) is 11.6 Å². The van der Waals surface area contributed by atoms with Gasteiger partial charge in [0.25, 0.3) is 0 Å². The number of methoxy groups -OCH3 is 1. The van der Waals surface area contributed by atoms with Crippen molar-refractivity contribution >= 4 is 17.3 Å². The molecule has 0 unspecified atom stereocenters. The van der Waals surface area contributed by atoms with E-state index in [0.29, 0.717) is 10.9 Å². The summed E-state index contributed by atoms with van der Waals surface area (Å²) in [6.45, 7) is 3.88. The molecule has 1 aliphatic rings. The normalized spacial score (nSPS) is 16.5. The first-order valence-corrected chi connectivity index (χ1v) is 5.34. The summed E-state index contributed by atoms with van der Waals surface area (Å²) in [7, 11) is 1.63. The van der Waals surface area contributed by atoms with E-state index in [1.54, 1.807) is 13.3 Å². The molecule has 0 bridgehead atoms. The number of rotatable bonds is 2. The maximum atomic E-state index is 5.93. The third-order valence-corrected chi connectivity index (χ3v) is 2.66. The molecule has 0 spiro atoms. The Balaban J connectivity index is 2.27. The Hall–Kier alpha value is -1.00. The van der Waals surface area contributed by atoms with Crippen LogP contribution in [0.25, 0.3) is 0 Å². The minimum absolute atomic E-state index is 0.640. The van der Waals surface area contributed by atoms with E-state index in [4.69, 9.17) is 16.3 Å². The lowest BCUT2D eigenvalue weighted by molar-refractivity contribution is 0.396. The van der Waals surface area contributed by atoms with E-state index in [1.165, 1.54) is 0 Å². The van der Waals surface area contributed by atoms with Crippen molar-refractivity contribution in [3.05, 3.63) is 17.3 Å². The molecule has 2 rings (SSSR count). The van der Waals surface area contributed by atoms with E-state index in [2.05, 4.69) is 15.2 Å². The van der Waals surface area contributed by atoms with Gasteiger partial charge in [0.15, 0.2) is 0 Å². The van der Waals surface area contributed by atoms with Crippen LogP contribution in [0.15, 0.2) is 12.3 Å². The molecule has 5 heteroatoms. The predicted octanol–water partition coefficient (Wildman–Crippen LogP) is 1.15. The van der Waals surface area contributed by atoms with Crippen LogP contribution in [0.5, 0.6) is 5.88 Å². The molecule has 2 heterocycles. The van der Waals surface area contributed by atoms with Gasteiger partial charge in [-0.2, -0.15) is 0 Å². The van der Waals surface area contributed by atoms with E-state index in [9.17, 15) is 0 Å². The maximum absolute atomic E-state index is 5.93. The van der Waals surface area contributed by atoms with Crippen LogP contribution in [0.3, 0.4) is 0 Å². The lowest BCUT2D eigenvalue weighted by Crippen LogP contribution is -2.43. The van der Waals surface area contributed by atoms with Crippen LogP contribution < -0.4 is 15.0 Å². The average molecular weight is 228 g/mol. The van der Waals surface area contributed by atoms with Crippen LogP contribution in [-0.4, -0.2) is 38.3 Å². The summed E-state index contributed by atoms with van der Waals surface area (Å²) in [5.41, 5.74) is 0.978. The Morgan fingerprint density at radius 3 is 2.87 bits per heavy atom. The van der Waals surface area contributed by atoms with Gasteiger partial charge in [-0.3, -0.25) is 0 Å². The summed E-state index contributed by atoms with van der Waals surface area (Å²) in [6, 6.07) is 1.90. The highest BCUT2D eigenvalue weighted by Gasteiger charge is 2.15. The second kappa shape index (κ2) is 4.68. The number of nitrogens with zero attached hydrogens (tertiary/aromatic N) is 2. The molecular weight excluding hydrogens is 214 g/mol. The van der Waals surface area contributed by atoms with Gasteiger partial charge in [0, 0.05) is 32.4 Å². The smallest absolute Gasteiger partial charge is 0.237 e. The average Bonchev–Trinajstić information content (AvgIpc) is 2.30. The number of halogens is 1. The zero-order chi connectivity index (χ0) is 10.7. The third kappa shape index (κ3) is 2.33. The van der Waals surface area contributed by atoms with Crippen LogP contribution in [0.1, 0.15) is 0 Å². The number of pyridine rings is 1. The molecule has 1 fully saturated rings. The van der Waals surface area contributed by atoms with Crippen molar-refractivity contribution in [2.75, 3.05) is 38.2 Å². The van der Waals surface area contributed by atoms with Gasteiger partial charge in [-0.25, -0.2) is 4.98 Å². The highest BCUT2D eigenvalue weighted by atomic mass is 35.5. The Morgan fingerprint density at radius 1 is 1.47 bits per heavy atom. The van der Waals surface area contributed by atoms with Crippen LogP contribution in [0.4, 0.5) is 5.69 Å². The first-order chi connectivity index (χ1) is 7.31. The van der Waals surface area contributed by atoms with E-state index in [1.807, 2.05) is 6.07 Å². The highest BCUT2D eigenvalue weighted by molar-refractivity contribution is 6.30. The quantitative estimate of drug-likeness (QED) is 0.823. The molecule has 0 amide bonds. The number of aromatic nitrogens is 1. The fourth-order valence-corrected chi connectivity index (χ4v) is 1.86. The lowest BCUT2D eigenvalue weighted by atomic mass is 10.3. The summed E-state index contributed by atoms with van der Waals surface area (Å²) < 4.78 is 5.22. The van der Waals surface area contributed by atoms with Crippen molar-refractivity contribution in [3.8, 4) is 5.88 Å². The Morgan fingerprint density at radius 2 is 2.20 bits per heavy atom. The molecular formula is C10H14ClN3O. The Bertz CT molecular complexity index is 339. The monoisotopic (exact) mass is 227 g/mol. The zero-order valence-corrected chi connectivity index (χ0v) is 9.42. The van der Waals surface area contributed by atoms with Crippen molar-refractivity contribution < 1.29 is 4.74 Å². The molecule has 1 saturated heterocycles. The Kier molecular flexibility index (Phi) is 3.28. The van der Waals surface area contributed by atoms with Gasteiger partial charge in [0.05, 0.1) is 12.1 Å². The molecule has 0 saturated carbocycles. The molecule has 0 atom stereocenters. The summed E-state index contributed by atoms with van der Waals surface area (Å²) in [6.07, 6.45) is 1.60. The summed E-state index contributed by atoms with van der Waals surface area (Å²) in [5, 5.41) is 3.94. The van der Waals surface area contributed by atoms with Crippen molar-refractivity contribution in [3.63, 3.8) is 0 Å². The van der Waals surface area contributed by atoms with Crippen molar-refractivity contribution in [2.45, 2.75) is 0 Å². The maximum Gasteiger partial charge on any atom is 0.237 e. The number of nitrogens with one attached hydrogen (secondary N) is 1. The minimum Gasteiger partial charge on any atom is -0.480 e. The van der Waals surface area contributed by atoms with Gasteiger partial charge in [0.1, 0.15) is 5.69 Å². The molecule has 0 radical (unpaired) electrons. The zero-order valence-electron chi connectivity index (χ0n) is 8.66. The molecule has 0 aromatic carbocycles. The standard InChI is InChI=1S/C10H14ClN3O/c1-15-10-9(6-8(11)7-13-10)14-4-2-12-3-5-14/h6-7,12H,2-5H2,1H3. The van der Waals surface area contributed by atoms with Gasteiger partial charge < -0.3 is 15.0 Å². The van der Waals surface area contributed by atoms with Gasteiger partial charge in [-0.05, 0) is 6.07 Å². The molecule has 1 N–H and O–H groups in total. The fourth-order valence-electron chi connectivity index (χ4n) is 1.71. The SMILES string of the molecule is COc1ncc(Cl)cc1N1CCNCC1. The molecule has 0 aliphatic carbocycles. The predicted molar refractivity (Wildman–Crippen MR) is 60.9 cm³/mol. The fraction of sp³-hybridized carbons (Fsp3) is 0.500. The van der Waals surface area contributed by atoms with Crippen LogP contribution in [0, 0.1) is 0 Å². The van der Waals surface area contributed by atoms with E-state index in [-0.39, 0.29) is 0 Å². The lowest BCUT2D eigenvalue weighted by Gasteiger charge is -2.30. The number of piperazine rings is 1. The largest absolute Gasteiger partial charge is 0.480 e. The molecule has 4 nitrogen and oxygen atoms in total. The van der Waals surface area contributed by atoms with Crippen molar-refractivity contribution in [2.24, 2.45) is 0 Å². The van der Waals surface area contributed by atoms with Crippen LogP contribution in [-0.2, 0) is 0 Å². The third-order valence-electron chi connectivity index (χ3n) is 2.45. The van der Waals surface area contributed by atoms with Gasteiger partial charge in [0.2, 0.25) is 5.88 Å². The summed E-state index contributed by atoms with van der Waals surface area (Å²) in [5.74, 6) is 0.640. The molecule has 15 heavy (non-hydrogen) atoms. The Labute approximate surface area is 94.2 Å². The molecule has 1 aromatic heterocycles. The van der Waals surface area contributed by atoms with Crippen LogP contribution >= 0.6 is 11.6 Å². The van der Waals surface area contributed by atoms with Crippen molar-refractivity contribution in [1.29, 1.82) is 0 Å². The van der Waals surface area contributed by atoms with Crippen LogP contribution in [0.2, 0.25) is 5.02 Å². The van der Waals surface area contributed by atoms with E-state index >= 15 is 0 Å². The number of ether oxygens (including phenoxy) is 1. The highest BCUT2D eigenvalue weighted by Crippen LogP contribution is 2.28. The summed E-state index contributed by atoms with van der Waals surface area (Å²) >= 11 is 5.93. The first kappa shape index (κ1) is 10.5. The summed E-state index contributed by atoms with van der Waals surface area (Å²) in [4.78, 5) is 6.39. The number of anilines is 1. The topological polar surface area (TPSA) is 37.4 Å². The van der Waals surface area contributed by atoms with Crippen molar-refractivity contribution in [1.82, 2.24) is 10.3 Å². The van der Waals surface area contributed by atoms with Gasteiger partial charge in [-0.15, -0.1) is 0 Å². The van der Waals surface area contributed by atoms with Gasteiger partial charge >= 0.3 is 0 Å². The second-order valence-corrected chi connectivity index (χ2v) is 3.86. The first-order valence-electron chi connectivity index (χ1n) is 4.96.